The van der Waals surface area contributed by atoms with Gasteiger partial charge in [-0.3, -0.25) is 0 Å². The lowest BCUT2D eigenvalue weighted by molar-refractivity contribution is -0.158. The summed E-state index contributed by atoms with van der Waals surface area (Å²) in [7, 11) is 0. The van der Waals surface area contributed by atoms with Gasteiger partial charge < -0.3 is 9.47 Å². The first-order valence-electron chi connectivity index (χ1n) is 6.41. The van der Waals surface area contributed by atoms with Crippen LogP contribution in [0.3, 0.4) is 0 Å². The number of esters is 1. The molecular weight excluding hydrogens is 228 g/mol. The minimum Gasteiger partial charge on any atom is -0.428 e. The summed E-state index contributed by atoms with van der Waals surface area (Å²) in [4.78, 5) is 11.8. The highest BCUT2D eigenvalue weighted by atomic mass is 16.7. The number of rotatable bonds is 0. The molecule has 0 saturated carbocycles. The van der Waals surface area contributed by atoms with E-state index in [1.165, 1.54) is 11.1 Å². The predicted octanol–water partition coefficient (Wildman–Crippen LogP) is 3.28. The number of carbonyl (C=O) groups is 1. The second-order valence-corrected chi connectivity index (χ2v) is 5.05. The molecule has 2 rings (SSSR count). The fraction of sp³-hybridized carbons (Fsp3) is 0.533. The van der Waals surface area contributed by atoms with Gasteiger partial charge in [0.1, 0.15) is 0 Å². The SMILES string of the molecule is CC1=C2C/C=C(\C)CC/C=C(\C)COC1OC2=O. The highest BCUT2D eigenvalue weighted by Crippen LogP contribution is 2.27. The standard InChI is InChI=1S/C15H20O3/c1-10-5-4-6-11(2)9-17-15-12(3)13(8-7-10)14(16)18-15/h6-7,15H,4-5,8-9H2,1-3H3/b10-7+,11-6+. The largest absolute Gasteiger partial charge is 0.428 e. The number of allylic oxidation sites excluding steroid dienone is 3. The molecule has 2 aliphatic heterocycles. The van der Waals surface area contributed by atoms with E-state index in [9.17, 15) is 4.79 Å². The van der Waals surface area contributed by atoms with E-state index in [-0.39, 0.29) is 5.97 Å². The number of carbonyl (C=O) groups excluding carboxylic acids is 1. The molecule has 0 aromatic carbocycles. The smallest absolute Gasteiger partial charge is 0.337 e. The third-order valence-corrected chi connectivity index (χ3v) is 3.44. The summed E-state index contributed by atoms with van der Waals surface area (Å²) in [6.45, 7) is 6.59. The first-order chi connectivity index (χ1) is 8.58. The summed E-state index contributed by atoms with van der Waals surface area (Å²) in [5, 5.41) is 0. The molecule has 0 saturated heterocycles. The van der Waals surface area contributed by atoms with Gasteiger partial charge in [-0.2, -0.15) is 0 Å². The third-order valence-electron chi connectivity index (χ3n) is 3.44. The zero-order chi connectivity index (χ0) is 13.1. The molecular formula is C15H20O3. The van der Waals surface area contributed by atoms with Crippen LogP contribution < -0.4 is 0 Å². The van der Waals surface area contributed by atoms with Crippen LogP contribution in [0.15, 0.2) is 34.4 Å². The Labute approximate surface area is 108 Å². The molecule has 1 unspecified atom stereocenters. The Morgan fingerprint density at radius 1 is 1.17 bits per heavy atom. The summed E-state index contributed by atoms with van der Waals surface area (Å²) >= 11 is 0. The van der Waals surface area contributed by atoms with Gasteiger partial charge in [-0.25, -0.2) is 4.79 Å². The second kappa shape index (κ2) is 5.53. The van der Waals surface area contributed by atoms with Crippen LogP contribution in [0, 0.1) is 0 Å². The molecule has 0 aromatic heterocycles. The Balaban J connectivity index is 2.24. The quantitative estimate of drug-likeness (QED) is 0.487. The molecule has 1 atom stereocenters. The molecule has 0 amide bonds. The average molecular weight is 248 g/mol. The summed E-state index contributed by atoms with van der Waals surface area (Å²) in [5.41, 5.74) is 4.16. The van der Waals surface area contributed by atoms with Crippen LogP contribution in [-0.2, 0) is 14.3 Å². The molecule has 3 nitrogen and oxygen atoms in total. The van der Waals surface area contributed by atoms with Crippen LogP contribution in [-0.4, -0.2) is 18.9 Å². The molecule has 0 N–H and O–H groups in total. The van der Waals surface area contributed by atoms with E-state index in [1.54, 1.807) is 0 Å². The molecule has 2 aliphatic rings. The summed E-state index contributed by atoms with van der Waals surface area (Å²) in [5.74, 6) is -0.234. The van der Waals surface area contributed by atoms with Crippen LogP contribution in [0.1, 0.15) is 40.0 Å². The fourth-order valence-corrected chi connectivity index (χ4v) is 2.15. The van der Waals surface area contributed by atoms with Crippen molar-refractivity contribution >= 4 is 5.97 Å². The Bertz CT molecular complexity index is 441. The minimum atomic E-state index is -0.496. The minimum absolute atomic E-state index is 0.234. The molecule has 0 spiro atoms. The molecule has 18 heavy (non-hydrogen) atoms. The maximum Gasteiger partial charge on any atom is 0.337 e. The van der Waals surface area contributed by atoms with E-state index >= 15 is 0 Å². The van der Waals surface area contributed by atoms with E-state index in [4.69, 9.17) is 9.47 Å². The van der Waals surface area contributed by atoms with Crippen LogP contribution in [0.25, 0.3) is 0 Å². The van der Waals surface area contributed by atoms with Crippen molar-refractivity contribution < 1.29 is 14.3 Å². The lowest BCUT2D eigenvalue weighted by atomic mass is 10.0. The third kappa shape index (κ3) is 2.91. The highest BCUT2D eigenvalue weighted by molar-refractivity contribution is 5.92. The molecule has 0 aromatic rings. The van der Waals surface area contributed by atoms with E-state index in [1.807, 2.05) is 13.8 Å². The topological polar surface area (TPSA) is 35.5 Å². The molecule has 2 bridgehead atoms. The van der Waals surface area contributed by atoms with Gasteiger partial charge in [0.05, 0.1) is 6.61 Å². The average Bonchev–Trinajstić information content (AvgIpc) is 2.59. The maximum absolute atomic E-state index is 11.8. The van der Waals surface area contributed by atoms with Gasteiger partial charge in [0.15, 0.2) is 0 Å². The van der Waals surface area contributed by atoms with Crippen molar-refractivity contribution in [2.24, 2.45) is 0 Å². The van der Waals surface area contributed by atoms with E-state index in [2.05, 4.69) is 19.1 Å². The molecule has 3 heteroatoms. The molecule has 0 radical (unpaired) electrons. The van der Waals surface area contributed by atoms with Crippen LogP contribution in [0.2, 0.25) is 0 Å². The van der Waals surface area contributed by atoms with Crippen molar-refractivity contribution in [2.75, 3.05) is 6.61 Å². The summed E-state index contributed by atoms with van der Waals surface area (Å²) in [6, 6.07) is 0. The zero-order valence-electron chi connectivity index (χ0n) is 11.3. The predicted molar refractivity (Wildman–Crippen MR) is 69.9 cm³/mol. The van der Waals surface area contributed by atoms with Crippen molar-refractivity contribution in [1.82, 2.24) is 0 Å². The van der Waals surface area contributed by atoms with Crippen LogP contribution >= 0.6 is 0 Å². The van der Waals surface area contributed by atoms with Crippen molar-refractivity contribution in [1.29, 1.82) is 0 Å². The van der Waals surface area contributed by atoms with Gasteiger partial charge >= 0.3 is 5.97 Å². The first-order valence-corrected chi connectivity index (χ1v) is 6.41. The summed E-state index contributed by atoms with van der Waals surface area (Å²) < 4.78 is 10.9. The fourth-order valence-electron chi connectivity index (χ4n) is 2.15. The van der Waals surface area contributed by atoms with Gasteiger partial charge in [-0.15, -0.1) is 0 Å². The Morgan fingerprint density at radius 2 is 1.94 bits per heavy atom. The van der Waals surface area contributed by atoms with E-state index in [0.717, 1.165) is 24.0 Å². The van der Waals surface area contributed by atoms with Crippen LogP contribution in [0.4, 0.5) is 0 Å². The van der Waals surface area contributed by atoms with Crippen molar-refractivity contribution in [2.45, 2.75) is 46.3 Å². The summed E-state index contributed by atoms with van der Waals surface area (Å²) in [6.07, 6.45) is 6.52. The van der Waals surface area contributed by atoms with E-state index in [0.29, 0.717) is 13.0 Å². The van der Waals surface area contributed by atoms with Crippen molar-refractivity contribution in [3.8, 4) is 0 Å². The molecule has 0 fully saturated rings. The Morgan fingerprint density at radius 3 is 2.72 bits per heavy atom. The van der Waals surface area contributed by atoms with Crippen molar-refractivity contribution in [3.63, 3.8) is 0 Å². The highest BCUT2D eigenvalue weighted by Gasteiger charge is 2.31. The number of hydrogen-bond acceptors (Lipinski definition) is 3. The van der Waals surface area contributed by atoms with Gasteiger partial charge in [0.25, 0.3) is 0 Å². The van der Waals surface area contributed by atoms with Crippen LogP contribution in [0.5, 0.6) is 0 Å². The number of fused-ring (bicyclic) bond motifs is 1. The molecule has 0 aliphatic carbocycles. The molecule has 2 heterocycles. The Hall–Kier alpha value is -1.35. The normalized spacial score (nSPS) is 31.7. The maximum atomic E-state index is 11.8. The van der Waals surface area contributed by atoms with Gasteiger partial charge in [-0.1, -0.05) is 23.3 Å². The lowest BCUT2D eigenvalue weighted by Gasteiger charge is -2.13. The van der Waals surface area contributed by atoms with Gasteiger partial charge in [-0.05, 0) is 40.0 Å². The Kier molecular flexibility index (Phi) is 4.02. The van der Waals surface area contributed by atoms with E-state index < -0.39 is 6.29 Å². The lowest BCUT2D eigenvalue weighted by Crippen LogP contribution is -2.16. The van der Waals surface area contributed by atoms with Gasteiger partial charge in [0.2, 0.25) is 6.29 Å². The second-order valence-electron chi connectivity index (χ2n) is 5.05. The van der Waals surface area contributed by atoms with Gasteiger partial charge in [0, 0.05) is 11.1 Å². The molecule has 98 valence electrons. The first kappa shape index (κ1) is 13.1. The zero-order valence-corrected chi connectivity index (χ0v) is 11.3. The monoisotopic (exact) mass is 248 g/mol. The van der Waals surface area contributed by atoms with Crippen molar-refractivity contribution in [3.05, 3.63) is 34.4 Å². The number of ether oxygens (including phenoxy) is 2. The number of hydrogen-bond donors (Lipinski definition) is 0.